The van der Waals surface area contributed by atoms with Crippen molar-refractivity contribution in [3.05, 3.63) is 35.9 Å². The van der Waals surface area contributed by atoms with Crippen LogP contribution < -0.4 is 27.4 Å². The second-order valence-electron chi connectivity index (χ2n) is 9.07. The van der Waals surface area contributed by atoms with Crippen molar-refractivity contribution in [2.24, 2.45) is 17.4 Å². The Morgan fingerprint density at radius 3 is 1.97 bits per heavy atom. The molecule has 1 aromatic carbocycles. The van der Waals surface area contributed by atoms with Gasteiger partial charge in [0, 0.05) is 19.3 Å². The average molecular weight is 536 g/mol. The highest BCUT2D eigenvalue weighted by molar-refractivity contribution is 5.94. The van der Waals surface area contributed by atoms with Gasteiger partial charge in [0.1, 0.15) is 18.1 Å². The van der Waals surface area contributed by atoms with Crippen LogP contribution in [0.5, 0.6) is 0 Å². The summed E-state index contributed by atoms with van der Waals surface area (Å²) in [7, 11) is 0. The minimum Gasteiger partial charge on any atom is -0.481 e. The van der Waals surface area contributed by atoms with Crippen molar-refractivity contribution in [3.8, 4) is 0 Å². The van der Waals surface area contributed by atoms with Crippen LogP contribution >= 0.6 is 0 Å². The number of hydrogen-bond acceptors (Lipinski definition) is 7. The van der Waals surface area contributed by atoms with Gasteiger partial charge in [-0.25, -0.2) is 4.79 Å². The zero-order valence-electron chi connectivity index (χ0n) is 21.5. The van der Waals surface area contributed by atoms with Crippen LogP contribution in [0.1, 0.15) is 51.5 Å². The number of carboxylic acids is 2. The first-order valence-corrected chi connectivity index (χ1v) is 12.3. The second-order valence-corrected chi connectivity index (χ2v) is 9.07. The molecule has 0 spiro atoms. The van der Waals surface area contributed by atoms with Gasteiger partial charge in [0.25, 0.3) is 0 Å². The molecule has 0 saturated heterocycles. The van der Waals surface area contributed by atoms with E-state index in [1.54, 1.807) is 44.2 Å². The summed E-state index contributed by atoms with van der Waals surface area (Å²) in [6, 6.07) is 3.80. The van der Waals surface area contributed by atoms with Gasteiger partial charge in [-0.1, -0.05) is 50.6 Å². The van der Waals surface area contributed by atoms with E-state index in [0.29, 0.717) is 12.0 Å². The fraction of sp³-hybridized carbons (Fsp3) is 0.520. The SMILES string of the molecule is CCC(C)C(NC(=O)C(N)CCC(=O)O)C(=O)NC(Cc1ccccc1)C(=O)NC(CCC(N)=O)C(=O)O. The Hall–Kier alpha value is -4.00. The van der Waals surface area contributed by atoms with Gasteiger partial charge in [-0.2, -0.15) is 0 Å². The number of carbonyl (C=O) groups is 6. The van der Waals surface area contributed by atoms with Crippen LogP contribution in [0.2, 0.25) is 0 Å². The summed E-state index contributed by atoms with van der Waals surface area (Å²) in [5.41, 5.74) is 11.6. The van der Waals surface area contributed by atoms with Gasteiger partial charge in [-0.05, 0) is 24.3 Å². The lowest BCUT2D eigenvalue weighted by Crippen LogP contribution is -2.59. The molecule has 0 aliphatic carbocycles. The molecule has 0 aliphatic heterocycles. The Kier molecular flexibility index (Phi) is 13.5. The molecule has 210 valence electrons. The highest BCUT2D eigenvalue weighted by atomic mass is 16.4. The van der Waals surface area contributed by atoms with Crippen molar-refractivity contribution in [3.63, 3.8) is 0 Å². The maximum atomic E-state index is 13.3. The number of carboxylic acid groups (broad SMARTS) is 2. The molecule has 0 aromatic heterocycles. The molecule has 9 N–H and O–H groups in total. The highest BCUT2D eigenvalue weighted by Gasteiger charge is 2.32. The van der Waals surface area contributed by atoms with Crippen molar-refractivity contribution >= 4 is 35.6 Å². The molecule has 0 heterocycles. The summed E-state index contributed by atoms with van der Waals surface area (Å²) in [6.45, 7) is 3.51. The molecular formula is C25H37N5O8. The molecule has 1 rings (SSSR count). The summed E-state index contributed by atoms with van der Waals surface area (Å²) in [5, 5.41) is 25.8. The molecule has 4 amide bonds. The van der Waals surface area contributed by atoms with Gasteiger partial charge in [-0.15, -0.1) is 0 Å². The van der Waals surface area contributed by atoms with Crippen molar-refractivity contribution < 1.29 is 39.0 Å². The smallest absolute Gasteiger partial charge is 0.326 e. The molecular weight excluding hydrogens is 498 g/mol. The standard InChI is InChI=1S/C25H37N5O8/c1-3-14(2)21(30-22(34)16(26)9-12-20(32)33)24(36)29-18(13-15-7-5-4-6-8-15)23(35)28-17(25(37)38)10-11-19(27)31/h4-8,14,16-18,21H,3,9-13,26H2,1-2H3,(H2,27,31)(H,28,35)(H,29,36)(H,30,34)(H,32,33)(H,37,38). The first-order chi connectivity index (χ1) is 17.8. The minimum atomic E-state index is -1.41. The van der Waals surface area contributed by atoms with Crippen LogP contribution in [-0.2, 0) is 35.2 Å². The maximum absolute atomic E-state index is 13.3. The zero-order chi connectivity index (χ0) is 28.8. The van der Waals surface area contributed by atoms with Crippen LogP contribution in [0.3, 0.4) is 0 Å². The number of aliphatic carboxylic acids is 2. The second kappa shape index (κ2) is 16.0. The van der Waals surface area contributed by atoms with E-state index in [2.05, 4.69) is 16.0 Å². The lowest BCUT2D eigenvalue weighted by molar-refractivity contribution is -0.142. The van der Waals surface area contributed by atoms with Crippen LogP contribution in [-0.4, -0.2) is 69.9 Å². The number of rotatable bonds is 17. The normalized spacial score (nSPS) is 14.7. The molecule has 0 radical (unpaired) electrons. The van der Waals surface area contributed by atoms with Crippen molar-refractivity contribution in [1.82, 2.24) is 16.0 Å². The van der Waals surface area contributed by atoms with E-state index >= 15 is 0 Å². The largest absolute Gasteiger partial charge is 0.481 e. The molecule has 0 fully saturated rings. The third-order valence-electron chi connectivity index (χ3n) is 6.01. The quantitative estimate of drug-likeness (QED) is 0.133. The third-order valence-corrected chi connectivity index (χ3v) is 6.01. The average Bonchev–Trinajstić information content (AvgIpc) is 2.87. The molecule has 0 aliphatic rings. The van der Waals surface area contributed by atoms with Gasteiger partial charge in [0.15, 0.2) is 0 Å². The minimum absolute atomic E-state index is 0.0138. The van der Waals surface area contributed by atoms with Crippen LogP contribution in [0.25, 0.3) is 0 Å². The van der Waals surface area contributed by atoms with Gasteiger partial charge in [0.05, 0.1) is 6.04 Å². The molecule has 1 aromatic rings. The predicted molar refractivity (Wildman–Crippen MR) is 136 cm³/mol. The molecule has 5 atom stereocenters. The van der Waals surface area contributed by atoms with E-state index in [9.17, 15) is 33.9 Å². The van der Waals surface area contributed by atoms with E-state index in [1.165, 1.54) is 0 Å². The number of hydrogen-bond donors (Lipinski definition) is 7. The molecule has 13 nitrogen and oxygen atoms in total. The molecule has 5 unspecified atom stereocenters. The summed E-state index contributed by atoms with van der Waals surface area (Å²) >= 11 is 0. The lowest BCUT2D eigenvalue weighted by Gasteiger charge is -2.28. The number of nitrogens with one attached hydrogen (secondary N) is 3. The van der Waals surface area contributed by atoms with Gasteiger partial charge >= 0.3 is 11.9 Å². The zero-order valence-corrected chi connectivity index (χ0v) is 21.5. The molecule has 38 heavy (non-hydrogen) atoms. The monoisotopic (exact) mass is 535 g/mol. The van der Waals surface area contributed by atoms with E-state index in [0.717, 1.165) is 0 Å². The number of nitrogens with two attached hydrogens (primary N) is 2. The number of benzene rings is 1. The van der Waals surface area contributed by atoms with E-state index in [1.807, 2.05) is 0 Å². The van der Waals surface area contributed by atoms with E-state index < -0.39 is 59.7 Å². The number of primary amides is 1. The van der Waals surface area contributed by atoms with Crippen LogP contribution in [0.15, 0.2) is 30.3 Å². The fourth-order valence-electron chi connectivity index (χ4n) is 3.51. The van der Waals surface area contributed by atoms with Gasteiger partial charge < -0.3 is 37.6 Å². The first kappa shape index (κ1) is 32.0. The van der Waals surface area contributed by atoms with Crippen molar-refractivity contribution in [2.45, 2.75) is 76.5 Å². The third kappa shape index (κ3) is 11.4. The molecule has 13 heteroatoms. The predicted octanol–water partition coefficient (Wildman–Crippen LogP) is -0.728. The van der Waals surface area contributed by atoms with Crippen LogP contribution in [0.4, 0.5) is 0 Å². The Morgan fingerprint density at radius 1 is 0.842 bits per heavy atom. The molecule has 0 saturated carbocycles. The summed E-state index contributed by atoms with van der Waals surface area (Å²) in [6.07, 6.45) is -0.461. The summed E-state index contributed by atoms with van der Waals surface area (Å²) < 4.78 is 0. The lowest BCUT2D eigenvalue weighted by atomic mass is 9.96. The highest BCUT2D eigenvalue weighted by Crippen LogP contribution is 2.11. The fourth-order valence-corrected chi connectivity index (χ4v) is 3.51. The number of carbonyl (C=O) groups excluding carboxylic acids is 4. The van der Waals surface area contributed by atoms with Gasteiger partial charge in [-0.3, -0.25) is 24.0 Å². The van der Waals surface area contributed by atoms with Crippen LogP contribution in [0, 0.1) is 5.92 Å². The Morgan fingerprint density at radius 2 is 1.45 bits per heavy atom. The molecule has 0 bridgehead atoms. The summed E-state index contributed by atoms with van der Waals surface area (Å²) in [4.78, 5) is 72.5. The number of amides is 4. The van der Waals surface area contributed by atoms with Crippen molar-refractivity contribution in [1.29, 1.82) is 0 Å². The van der Waals surface area contributed by atoms with E-state index in [-0.39, 0.29) is 38.0 Å². The maximum Gasteiger partial charge on any atom is 0.326 e. The topological polar surface area (TPSA) is 231 Å². The van der Waals surface area contributed by atoms with E-state index in [4.69, 9.17) is 16.6 Å². The Balaban J connectivity index is 3.12. The first-order valence-electron chi connectivity index (χ1n) is 12.3. The van der Waals surface area contributed by atoms with Gasteiger partial charge in [0.2, 0.25) is 23.6 Å². The van der Waals surface area contributed by atoms with Crippen molar-refractivity contribution in [2.75, 3.05) is 0 Å². The Labute approximate surface area is 220 Å². The Bertz CT molecular complexity index is 987. The summed E-state index contributed by atoms with van der Waals surface area (Å²) in [5.74, 6) is -5.81.